The number of nitrogens with two attached hydrogens (primary N) is 1. The van der Waals surface area contributed by atoms with E-state index in [1.54, 1.807) is 0 Å². The minimum atomic E-state index is -0.0151. The summed E-state index contributed by atoms with van der Waals surface area (Å²) in [4.78, 5) is 0. The number of rotatable bonds is 3. The van der Waals surface area contributed by atoms with Crippen LogP contribution in [0, 0.1) is 11.8 Å². The number of hydrogen-bond acceptors (Lipinski definition) is 3. The molecule has 3 aliphatic rings. The van der Waals surface area contributed by atoms with Gasteiger partial charge < -0.3 is 15.2 Å². The van der Waals surface area contributed by atoms with Gasteiger partial charge >= 0.3 is 0 Å². The van der Waals surface area contributed by atoms with Crippen molar-refractivity contribution in [2.75, 3.05) is 6.79 Å². The Bertz CT molecular complexity index is 526. The summed E-state index contributed by atoms with van der Waals surface area (Å²) in [6, 6.07) is 6.35. The third kappa shape index (κ3) is 1.69. The molecule has 20 heavy (non-hydrogen) atoms. The zero-order valence-corrected chi connectivity index (χ0v) is 12.1. The molecule has 1 aromatic carbocycles. The normalized spacial score (nSPS) is 33.4. The van der Waals surface area contributed by atoms with E-state index >= 15 is 0 Å². The molecule has 3 unspecified atom stereocenters. The Morgan fingerprint density at radius 2 is 2.00 bits per heavy atom. The summed E-state index contributed by atoms with van der Waals surface area (Å²) >= 11 is 0. The van der Waals surface area contributed by atoms with Gasteiger partial charge in [-0.1, -0.05) is 32.3 Å². The molecule has 3 heteroatoms. The van der Waals surface area contributed by atoms with Gasteiger partial charge in [0.25, 0.3) is 0 Å². The van der Waals surface area contributed by atoms with Crippen LogP contribution in [0.25, 0.3) is 0 Å². The van der Waals surface area contributed by atoms with Crippen LogP contribution in [0.4, 0.5) is 0 Å². The maximum absolute atomic E-state index is 6.81. The first-order valence-electron chi connectivity index (χ1n) is 7.87. The van der Waals surface area contributed by atoms with Gasteiger partial charge in [0, 0.05) is 11.5 Å². The van der Waals surface area contributed by atoms with Crippen molar-refractivity contribution in [3.63, 3.8) is 0 Å². The molecular formula is C17H23NO2. The second-order valence-electron chi connectivity index (χ2n) is 6.80. The highest BCUT2D eigenvalue weighted by Crippen LogP contribution is 2.54. The van der Waals surface area contributed by atoms with Crippen LogP contribution in [-0.4, -0.2) is 12.3 Å². The summed E-state index contributed by atoms with van der Waals surface area (Å²) < 4.78 is 10.9. The lowest BCUT2D eigenvalue weighted by molar-refractivity contribution is 0.0521. The highest BCUT2D eigenvalue weighted by Gasteiger charge is 2.50. The van der Waals surface area contributed by atoms with Gasteiger partial charge in [0.15, 0.2) is 11.5 Å². The first kappa shape index (κ1) is 12.5. The summed E-state index contributed by atoms with van der Waals surface area (Å²) in [5.74, 6) is 3.70. The Kier molecular flexibility index (Phi) is 2.75. The van der Waals surface area contributed by atoms with E-state index in [0.29, 0.717) is 18.6 Å². The lowest BCUT2D eigenvalue weighted by Crippen LogP contribution is -2.60. The summed E-state index contributed by atoms with van der Waals surface area (Å²) in [5.41, 5.74) is 8.12. The van der Waals surface area contributed by atoms with E-state index in [9.17, 15) is 0 Å². The smallest absolute Gasteiger partial charge is 0.231 e. The van der Waals surface area contributed by atoms with Gasteiger partial charge in [0.05, 0.1) is 0 Å². The fourth-order valence-electron chi connectivity index (χ4n) is 4.15. The topological polar surface area (TPSA) is 44.5 Å². The average molecular weight is 273 g/mol. The number of benzene rings is 1. The van der Waals surface area contributed by atoms with Gasteiger partial charge in [-0.3, -0.25) is 0 Å². The van der Waals surface area contributed by atoms with Crippen molar-refractivity contribution in [3.8, 4) is 11.5 Å². The molecule has 2 aliphatic carbocycles. The van der Waals surface area contributed by atoms with Gasteiger partial charge in [-0.25, -0.2) is 0 Å². The highest BCUT2D eigenvalue weighted by molar-refractivity contribution is 5.46. The first-order valence-corrected chi connectivity index (χ1v) is 7.87. The second kappa shape index (κ2) is 4.39. The molecule has 108 valence electrons. The summed E-state index contributed by atoms with van der Waals surface area (Å²) in [7, 11) is 0. The minimum absolute atomic E-state index is 0.0151. The third-order valence-corrected chi connectivity index (χ3v) is 6.02. The molecule has 0 amide bonds. The molecule has 2 fully saturated rings. The zero-order chi connectivity index (χ0) is 13.7. The van der Waals surface area contributed by atoms with E-state index in [1.165, 1.54) is 31.2 Å². The molecule has 0 aromatic heterocycles. The van der Waals surface area contributed by atoms with Crippen molar-refractivity contribution in [1.29, 1.82) is 0 Å². The zero-order valence-electron chi connectivity index (χ0n) is 12.1. The maximum Gasteiger partial charge on any atom is 0.231 e. The van der Waals surface area contributed by atoms with Crippen molar-refractivity contribution < 1.29 is 9.47 Å². The average Bonchev–Trinajstić information content (AvgIpc) is 2.81. The molecular weight excluding hydrogens is 250 g/mol. The molecule has 0 spiro atoms. The van der Waals surface area contributed by atoms with Crippen LogP contribution in [0.5, 0.6) is 11.5 Å². The molecule has 4 rings (SSSR count). The molecule has 0 saturated heterocycles. The van der Waals surface area contributed by atoms with Crippen LogP contribution in [0.1, 0.15) is 50.5 Å². The standard InChI is InChI=1S/C17H23NO2/c1-11(12-3-2-4-12)17(18)8-7-14(17)13-5-6-15-16(9-13)20-10-19-15/h5-6,9,11-12,14H,2-4,7-8,10,18H2,1H3. The van der Waals surface area contributed by atoms with E-state index in [4.69, 9.17) is 15.2 Å². The van der Waals surface area contributed by atoms with E-state index in [-0.39, 0.29) is 5.54 Å². The molecule has 1 heterocycles. The predicted molar refractivity (Wildman–Crippen MR) is 78.0 cm³/mol. The van der Waals surface area contributed by atoms with Crippen LogP contribution < -0.4 is 15.2 Å². The van der Waals surface area contributed by atoms with Crippen LogP contribution in [-0.2, 0) is 0 Å². The van der Waals surface area contributed by atoms with E-state index in [1.807, 2.05) is 6.07 Å². The Morgan fingerprint density at radius 3 is 2.65 bits per heavy atom. The van der Waals surface area contributed by atoms with Gasteiger partial charge in [-0.2, -0.15) is 0 Å². The van der Waals surface area contributed by atoms with Crippen molar-refractivity contribution in [1.82, 2.24) is 0 Å². The molecule has 1 aromatic rings. The van der Waals surface area contributed by atoms with Crippen LogP contribution in [0.15, 0.2) is 18.2 Å². The number of hydrogen-bond donors (Lipinski definition) is 1. The quantitative estimate of drug-likeness (QED) is 0.917. The first-order chi connectivity index (χ1) is 9.68. The van der Waals surface area contributed by atoms with Crippen molar-refractivity contribution >= 4 is 0 Å². The van der Waals surface area contributed by atoms with E-state index in [2.05, 4.69) is 19.1 Å². The Hall–Kier alpha value is -1.22. The van der Waals surface area contributed by atoms with Crippen molar-refractivity contribution in [2.24, 2.45) is 17.6 Å². The summed E-state index contributed by atoms with van der Waals surface area (Å²) in [6.45, 7) is 2.71. The van der Waals surface area contributed by atoms with Crippen molar-refractivity contribution in [3.05, 3.63) is 23.8 Å². The van der Waals surface area contributed by atoms with E-state index < -0.39 is 0 Å². The van der Waals surface area contributed by atoms with Crippen LogP contribution >= 0.6 is 0 Å². The van der Waals surface area contributed by atoms with Crippen molar-refractivity contribution in [2.45, 2.75) is 50.5 Å². The van der Waals surface area contributed by atoms with Gasteiger partial charge in [0.2, 0.25) is 6.79 Å². The molecule has 0 bridgehead atoms. The highest BCUT2D eigenvalue weighted by atomic mass is 16.7. The molecule has 3 atom stereocenters. The summed E-state index contributed by atoms with van der Waals surface area (Å²) in [6.07, 6.45) is 6.48. The van der Waals surface area contributed by atoms with Gasteiger partial charge in [0.1, 0.15) is 0 Å². The van der Waals surface area contributed by atoms with E-state index in [0.717, 1.165) is 23.8 Å². The Balaban J connectivity index is 1.58. The van der Waals surface area contributed by atoms with Crippen LogP contribution in [0.3, 0.4) is 0 Å². The Morgan fingerprint density at radius 1 is 1.20 bits per heavy atom. The lowest BCUT2D eigenvalue weighted by Gasteiger charge is -2.54. The van der Waals surface area contributed by atoms with Gasteiger partial charge in [-0.05, 0) is 42.4 Å². The molecule has 1 aliphatic heterocycles. The Labute approximate surface area is 120 Å². The monoisotopic (exact) mass is 273 g/mol. The fraction of sp³-hybridized carbons (Fsp3) is 0.647. The molecule has 3 nitrogen and oxygen atoms in total. The number of fused-ring (bicyclic) bond motifs is 1. The lowest BCUT2D eigenvalue weighted by atomic mass is 9.54. The van der Waals surface area contributed by atoms with Crippen LogP contribution in [0.2, 0.25) is 0 Å². The van der Waals surface area contributed by atoms with Gasteiger partial charge in [-0.15, -0.1) is 0 Å². The molecule has 2 N–H and O–H groups in total. The predicted octanol–water partition coefficient (Wildman–Crippen LogP) is 3.43. The maximum atomic E-state index is 6.81. The fourth-order valence-corrected chi connectivity index (χ4v) is 4.15. The third-order valence-electron chi connectivity index (χ3n) is 6.02. The molecule has 0 radical (unpaired) electrons. The number of ether oxygens (including phenoxy) is 2. The largest absolute Gasteiger partial charge is 0.454 e. The molecule has 2 saturated carbocycles. The SMILES string of the molecule is CC(C1CCC1)C1(N)CCC1c1ccc2c(c1)OCO2. The summed E-state index contributed by atoms with van der Waals surface area (Å²) in [5, 5.41) is 0. The minimum Gasteiger partial charge on any atom is -0.454 e. The second-order valence-corrected chi connectivity index (χ2v) is 6.80.